The first kappa shape index (κ1) is 104. The quantitative estimate of drug-likeness (QED) is 0.0322. The van der Waals surface area contributed by atoms with Gasteiger partial charge in [-0.3, -0.25) is 4.72 Å². The molecule has 1 aliphatic heterocycles. The molecule has 1 saturated heterocycles. The van der Waals surface area contributed by atoms with Gasteiger partial charge in [0, 0.05) is 70.0 Å². The number of hydrogen-bond donors (Lipinski definition) is 3. The van der Waals surface area contributed by atoms with Crippen LogP contribution in [0.4, 0.5) is 33.7 Å². The number of nitrogens with zero attached hydrogens (tertiary/aromatic N) is 11. The molecule has 0 unspecified atom stereocenters. The van der Waals surface area contributed by atoms with Gasteiger partial charge in [0.2, 0.25) is 23.6 Å². The van der Waals surface area contributed by atoms with E-state index in [1.807, 2.05) is 77.5 Å². The molecule has 3 aliphatic rings. The topological polar surface area (TPSA) is 321 Å². The number of hydrogen-bond acceptors (Lipinski definition) is 24. The SMILES string of the molecule is C.C.CCc1cc(-c2cc(F)c(CS(=O)(=O)c3ccccc3Cl)nc2OC)cc2cnc(F)nc12.CCc1cc(-c2cc(F)c(CS(=O)(=O)c3ccccc3Cl)nc2OC)cc2cnc(NC3CCC(N(C)C)CC3)nc12.CCc1cc(B2OC(C)(C)C(C)(C)O2)cc2cnc(F)nc12.CN(C)C1CCC(N)CC1.COc1nc(NS(=O)(=O)c2ccccc2Cl)c(F)cc1Br. The zero-order valence-electron chi connectivity index (χ0n) is 73.0. The van der Waals surface area contributed by atoms with Crippen LogP contribution in [0.1, 0.15) is 143 Å². The molecule has 0 atom stereocenters. The highest BCUT2D eigenvalue weighted by molar-refractivity contribution is 9.10. The Kier molecular flexibility index (Phi) is 35.9. The van der Waals surface area contributed by atoms with Crippen LogP contribution in [0.3, 0.4) is 0 Å². The molecule has 696 valence electrons. The van der Waals surface area contributed by atoms with E-state index < -0.39 is 94.9 Å². The number of sulfonamides is 1. The monoisotopic (exact) mass is 1970 g/mol. The van der Waals surface area contributed by atoms with Gasteiger partial charge in [0.05, 0.1) is 89.8 Å². The number of ether oxygens (including phenoxy) is 3. The van der Waals surface area contributed by atoms with Gasteiger partial charge in [-0.25, -0.2) is 78.3 Å². The van der Waals surface area contributed by atoms with Gasteiger partial charge >= 0.3 is 19.3 Å². The standard InChI is InChI=1S/C31H35ClFN5O3S.C23H18ClF2N3O3S.C16H20BFN2O2.C12H9BrClFN2O3S.C8H18N2.2CH4/c1-5-19-14-20(15-21-17-34-31(37-29(19)21)35-22-10-12-23(13-11-22)38(2)3)24-16-26(33)27(36-30(24)41-4)18-42(39,40)28-9-7-6-8-25(28)32;1-3-13-8-14(9-15-11-27-23(26)29-21(13)15)16-10-18(25)19(28-22(16)32-2)12-33(30,31)20-7-5-4-6-17(20)24;1-6-10-7-12(8-11-9-19-14(18)20-13(10)11)17-21-15(2,3)16(4,5)22-17;1-20-12-7(13)6-9(15)11(16-12)17-21(18,19)10-5-3-2-4-8(10)14;1-10(2)8-5-3-7(9)4-6-8;;/h6-9,14-17,22-23H,5,10-13,18H2,1-4H3,(H,34,35,37);4-11H,3,12H2,1-2H3;7-9H,6H2,1-5H3;2-6H,1H3,(H,16,17);7-8H,3-6,9H2,1-2H3;2*1H4. The van der Waals surface area contributed by atoms with Crippen molar-refractivity contribution in [2.45, 2.75) is 196 Å². The zero-order valence-corrected chi connectivity index (χ0v) is 79.4. The summed E-state index contributed by atoms with van der Waals surface area (Å²) >= 11 is 21.0. The number of aromatic nitrogens is 9. The summed E-state index contributed by atoms with van der Waals surface area (Å²) in [5, 5.41) is 5.83. The van der Waals surface area contributed by atoms with E-state index >= 15 is 8.78 Å². The minimum atomic E-state index is -4.06. The third-order valence-electron chi connectivity index (χ3n) is 22.6. The molecule has 6 aromatic carbocycles. The second kappa shape index (κ2) is 44.8. The van der Waals surface area contributed by atoms with E-state index in [0.29, 0.717) is 75.6 Å². The third kappa shape index (κ3) is 25.3. The summed E-state index contributed by atoms with van der Waals surface area (Å²) in [6, 6.07) is 34.7. The van der Waals surface area contributed by atoms with E-state index in [1.165, 1.54) is 120 Å². The summed E-state index contributed by atoms with van der Waals surface area (Å²) < 4.78 is 177. The van der Waals surface area contributed by atoms with Crippen LogP contribution >= 0.6 is 50.7 Å². The molecule has 0 bridgehead atoms. The maximum absolute atomic E-state index is 15.4. The number of aryl methyl sites for hydroxylation is 3. The second-order valence-corrected chi connectivity index (χ2v) is 39.8. The van der Waals surface area contributed by atoms with Crippen molar-refractivity contribution in [2.75, 3.05) is 59.6 Å². The number of methoxy groups -OCH3 is 3. The fourth-order valence-corrected chi connectivity index (χ4v) is 20.5. The van der Waals surface area contributed by atoms with Crippen molar-refractivity contribution in [1.82, 2.24) is 54.7 Å². The average molecular weight is 1970 g/mol. The summed E-state index contributed by atoms with van der Waals surface area (Å²) in [5.74, 6) is -3.41. The molecule has 15 rings (SSSR count). The number of benzene rings is 6. The van der Waals surface area contributed by atoms with E-state index in [-0.39, 0.29) is 78.1 Å². The molecule has 0 radical (unpaired) electrons. The van der Waals surface area contributed by atoms with Gasteiger partial charge in [-0.1, -0.05) is 119 Å². The van der Waals surface area contributed by atoms with Crippen LogP contribution in [0.15, 0.2) is 165 Å². The highest BCUT2D eigenvalue weighted by Crippen LogP contribution is 2.41. The van der Waals surface area contributed by atoms with Crippen LogP contribution in [0.25, 0.3) is 55.0 Å². The van der Waals surface area contributed by atoms with Gasteiger partial charge in [0.1, 0.15) is 28.0 Å². The van der Waals surface area contributed by atoms with Crippen molar-refractivity contribution in [3.63, 3.8) is 0 Å². The fourth-order valence-electron chi connectivity index (χ4n) is 14.8. The zero-order chi connectivity index (χ0) is 93.1. The Labute approximate surface area is 781 Å². The molecule has 2 aliphatic carbocycles. The predicted octanol–water partition coefficient (Wildman–Crippen LogP) is 19.6. The summed E-state index contributed by atoms with van der Waals surface area (Å²) in [5.41, 5.74) is 11.9. The van der Waals surface area contributed by atoms with E-state index in [9.17, 15) is 38.4 Å². The van der Waals surface area contributed by atoms with Crippen LogP contribution in [0.2, 0.25) is 15.1 Å². The van der Waals surface area contributed by atoms with Crippen LogP contribution in [-0.4, -0.2) is 172 Å². The molecule has 6 aromatic heterocycles. The Balaban J connectivity index is 0.000000193. The van der Waals surface area contributed by atoms with Crippen LogP contribution in [0, 0.1) is 29.6 Å². The highest BCUT2D eigenvalue weighted by atomic mass is 79.9. The first-order valence-corrected chi connectivity index (χ1v) is 47.8. The maximum Gasteiger partial charge on any atom is 0.494 e. The molecule has 2 saturated carbocycles. The van der Waals surface area contributed by atoms with Crippen molar-refractivity contribution in [2.24, 2.45) is 5.73 Å². The van der Waals surface area contributed by atoms with Crippen LogP contribution in [-0.2, 0) is 69.8 Å². The molecule has 0 spiro atoms. The summed E-state index contributed by atoms with van der Waals surface area (Å²) in [7, 11) is 0.282. The molecule has 0 amide bonds. The van der Waals surface area contributed by atoms with Crippen LogP contribution in [0.5, 0.6) is 17.6 Å². The Morgan fingerprint density at radius 3 is 1.31 bits per heavy atom. The number of sulfone groups is 2. The molecular weight excluding hydrogens is 1870 g/mol. The number of anilines is 2. The van der Waals surface area contributed by atoms with Crippen molar-refractivity contribution < 1.29 is 70.7 Å². The Morgan fingerprint density at radius 1 is 0.500 bits per heavy atom. The molecule has 25 nitrogen and oxygen atoms in total. The molecular formula is C92H108BBrCl3F5N14O11S3. The number of fused-ring (bicyclic) bond motifs is 3. The third-order valence-corrected chi connectivity index (χ3v) is 29.3. The van der Waals surface area contributed by atoms with E-state index in [2.05, 4.69) is 99.1 Å². The Hall–Kier alpha value is -9.50. The van der Waals surface area contributed by atoms with Crippen molar-refractivity contribution in [3.05, 3.63) is 223 Å². The number of pyridine rings is 3. The van der Waals surface area contributed by atoms with E-state index in [0.717, 1.165) is 82.7 Å². The maximum atomic E-state index is 15.4. The van der Waals surface area contributed by atoms with E-state index in [1.54, 1.807) is 42.6 Å². The lowest BCUT2D eigenvalue weighted by Crippen LogP contribution is -2.41. The highest BCUT2D eigenvalue weighted by Gasteiger charge is 2.52. The van der Waals surface area contributed by atoms with Crippen molar-refractivity contribution in [3.8, 4) is 39.9 Å². The van der Waals surface area contributed by atoms with Crippen LogP contribution < -0.4 is 35.4 Å². The summed E-state index contributed by atoms with van der Waals surface area (Å²) in [6.45, 7) is 14.0. The number of nitrogens with two attached hydrogens (primary N) is 1. The molecule has 3 fully saturated rings. The van der Waals surface area contributed by atoms with Gasteiger partial charge in [0.15, 0.2) is 31.3 Å². The summed E-state index contributed by atoms with van der Waals surface area (Å²) in [6.07, 6.45) is 14.5. The molecule has 4 N–H and O–H groups in total. The second-order valence-electron chi connectivity index (χ2n) is 32.2. The Morgan fingerprint density at radius 2 is 0.892 bits per heavy atom. The molecule has 38 heteroatoms. The lowest BCUT2D eigenvalue weighted by Gasteiger charge is -2.32. The van der Waals surface area contributed by atoms with Gasteiger partial charge in [-0.2, -0.15) is 13.8 Å². The normalized spacial score (nSPS) is 16.5. The Bertz CT molecular complexity index is 6380. The van der Waals surface area contributed by atoms with E-state index in [4.69, 9.17) is 69.0 Å². The lowest BCUT2D eigenvalue weighted by atomic mass is 9.77. The van der Waals surface area contributed by atoms with Gasteiger partial charge in [0.25, 0.3) is 10.0 Å². The van der Waals surface area contributed by atoms with Gasteiger partial charge in [-0.15, -0.1) is 0 Å². The molecule has 130 heavy (non-hydrogen) atoms. The largest absolute Gasteiger partial charge is 0.494 e. The predicted molar refractivity (Wildman–Crippen MR) is 508 cm³/mol. The minimum Gasteiger partial charge on any atom is -0.481 e. The number of halogens is 9. The first-order chi connectivity index (χ1) is 60.6. The smallest absolute Gasteiger partial charge is 0.481 e. The number of rotatable bonds is 22. The van der Waals surface area contributed by atoms with Crippen molar-refractivity contribution >= 4 is 137 Å². The molecule has 12 aromatic rings. The minimum absolute atomic E-state index is 0. The summed E-state index contributed by atoms with van der Waals surface area (Å²) in [4.78, 5) is 40.9. The molecule has 7 heterocycles. The average Bonchev–Trinajstić information content (AvgIpc) is 1.48. The number of nitrogens with one attached hydrogen (secondary N) is 2. The van der Waals surface area contributed by atoms with Crippen molar-refractivity contribution in [1.29, 1.82) is 0 Å². The first-order valence-electron chi connectivity index (χ1n) is 41.1. The van der Waals surface area contributed by atoms with Gasteiger partial charge < -0.3 is 44.4 Å². The fraction of sp³-hybridized carbons (Fsp3) is 0.380. The van der Waals surface area contributed by atoms with Gasteiger partial charge in [-0.05, 0) is 255 Å². The lowest BCUT2D eigenvalue weighted by molar-refractivity contribution is 0.00578.